The Hall–Kier alpha value is -3.65. The van der Waals surface area contributed by atoms with E-state index >= 15 is 0 Å². The molecule has 176 valence electrons. The molecule has 1 saturated heterocycles. The minimum atomic E-state index is -1.48. The molecule has 1 fully saturated rings. The minimum absolute atomic E-state index is 0.0659. The molecule has 0 amide bonds. The summed E-state index contributed by atoms with van der Waals surface area (Å²) in [6, 6.07) is 10.6. The van der Waals surface area contributed by atoms with Crippen molar-refractivity contribution in [2.45, 2.75) is 19.8 Å². The maximum atomic E-state index is 13.2. The molecule has 0 N–H and O–H groups in total. The van der Waals surface area contributed by atoms with E-state index in [0.717, 1.165) is 0 Å². The molecule has 2 aromatic carbocycles. The van der Waals surface area contributed by atoms with E-state index in [2.05, 4.69) is 0 Å². The first-order chi connectivity index (χ1) is 15.9. The number of benzene rings is 2. The molecule has 33 heavy (non-hydrogen) atoms. The maximum absolute atomic E-state index is 13.2. The normalized spacial score (nSPS) is 20.2. The fourth-order valence-corrected chi connectivity index (χ4v) is 3.33. The van der Waals surface area contributed by atoms with Gasteiger partial charge in [0.15, 0.2) is 34.5 Å². The van der Waals surface area contributed by atoms with Gasteiger partial charge in [0.2, 0.25) is 0 Å². The van der Waals surface area contributed by atoms with Crippen LogP contribution in [-0.2, 0) is 19.0 Å². The molecule has 0 bridgehead atoms. The number of rotatable bonds is 8. The number of carbonyl (C=O) groups is 1. The summed E-state index contributed by atoms with van der Waals surface area (Å²) in [6.45, 7) is 3.73. The summed E-state index contributed by atoms with van der Waals surface area (Å²) in [6.07, 6.45) is 3.21. The lowest BCUT2D eigenvalue weighted by atomic mass is 10.1. The summed E-state index contributed by atoms with van der Waals surface area (Å²) in [7, 11) is 6.20. The van der Waals surface area contributed by atoms with E-state index in [1.54, 1.807) is 83.9 Å². The lowest BCUT2D eigenvalue weighted by molar-refractivity contribution is -0.343. The van der Waals surface area contributed by atoms with Gasteiger partial charge < -0.3 is 33.2 Å². The molecule has 0 aliphatic carbocycles. The van der Waals surface area contributed by atoms with E-state index in [1.165, 1.54) is 0 Å². The molecule has 2 aromatic rings. The summed E-state index contributed by atoms with van der Waals surface area (Å²) >= 11 is 0. The van der Waals surface area contributed by atoms with E-state index in [1.807, 2.05) is 6.92 Å². The lowest BCUT2D eigenvalue weighted by Crippen LogP contribution is -2.42. The van der Waals surface area contributed by atoms with Gasteiger partial charge in [0.05, 0.1) is 35.0 Å². The van der Waals surface area contributed by atoms with E-state index in [-0.39, 0.29) is 11.5 Å². The van der Waals surface area contributed by atoms with Crippen LogP contribution in [0.3, 0.4) is 0 Å². The molecule has 0 atom stereocenters. The quantitative estimate of drug-likeness (QED) is 0.540. The molecule has 0 radical (unpaired) electrons. The number of hydrogen-bond acceptors (Lipinski definition) is 8. The topological polar surface area (TPSA) is 81.7 Å². The van der Waals surface area contributed by atoms with Crippen LogP contribution in [0.4, 0.5) is 0 Å². The van der Waals surface area contributed by atoms with Gasteiger partial charge in [0, 0.05) is 6.92 Å². The summed E-state index contributed by atoms with van der Waals surface area (Å²) in [4.78, 5) is 13.2. The van der Waals surface area contributed by atoms with Crippen LogP contribution in [0.25, 0.3) is 12.2 Å². The van der Waals surface area contributed by atoms with Gasteiger partial charge in [-0.25, -0.2) is 0 Å². The fraction of sp³-hybridized carbons (Fsp3) is 0.320. The van der Waals surface area contributed by atoms with Gasteiger partial charge in [-0.05, 0) is 54.5 Å². The van der Waals surface area contributed by atoms with Crippen LogP contribution in [0, 0.1) is 0 Å². The predicted molar refractivity (Wildman–Crippen MR) is 122 cm³/mol. The van der Waals surface area contributed by atoms with Crippen molar-refractivity contribution in [2.24, 2.45) is 0 Å². The third kappa shape index (κ3) is 5.40. The van der Waals surface area contributed by atoms with Crippen LogP contribution >= 0.6 is 0 Å². The van der Waals surface area contributed by atoms with Crippen LogP contribution < -0.4 is 18.9 Å². The predicted octanol–water partition coefficient (Wildman–Crippen LogP) is 4.43. The second-order valence-corrected chi connectivity index (χ2v) is 7.07. The Morgan fingerprint density at radius 1 is 0.758 bits per heavy atom. The number of carbonyl (C=O) groups excluding carboxylic acids is 1. The van der Waals surface area contributed by atoms with Crippen LogP contribution in [-0.4, -0.2) is 46.8 Å². The van der Waals surface area contributed by atoms with Crippen molar-refractivity contribution in [3.05, 3.63) is 59.0 Å². The van der Waals surface area contributed by atoms with Gasteiger partial charge >= 0.3 is 5.97 Å². The van der Waals surface area contributed by atoms with Gasteiger partial charge in [-0.1, -0.05) is 12.1 Å². The largest absolute Gasteiger partial charge is 0.493 e. The second kappa shape index (κ2) is 10.3. The molecule has 0 unspecified atom stereocenters. The lowest BCUT2D eigenvalue weighted by Gasteiger charge is -2.35. The number of ketones is 1. The molecular weight excluding hydrogens is 428 g/mol. The molecular formula is C25H28O8. The third-order valence-electron chi connectivity index (χ3n) is 4.86. The highest BCUT2D eigenvalue weighted by atomic mass is 16.9. The molecule has 1 aliphatic rings. The van der Waals surface area contributed by atoms with Gasteiger partial charge in [-0.2, -0.15) is 0 Å². The van der Waals surface area contributed by atoms with E-state index in [9.17, 15) is 4.79 Å². The minimum Gasteiger partial charge on any atom is -0.493 e. The Balaban J connectivity index is 2.03. The molecule has 8 nitrogen and oxygen atoms in total. The fourth-order valence-electron chi connectivity index (χ4n) is 3.33. The zero-order valence-corrected chi connectivity index (χ0v) is 19.6. The molecule has 8 heteroatoms. The Labute approximate surface area is 193 Å². The van der Waals surface area contributed by atoms with Crippen LogP contribution in [0.15, 0.2) is 47.9 Å². The second-order valence-electron chi connectivity index (χ2n) is 7.07. The zero-order valence-electron chi connectivity index (χ0n) is 19.6. The number of hydrogen-bond donors (Lipinski definition) is 0. The molecule has 0 saturated carbocycles. The summed E-state index contributed by atoms with van der Waals surface area (Å²) in [5, 5.41) is 0. The highest BCUT2D eigenvalue weighted by Crippen LogP contribution is 2.35. The van der Waals surface area contributed by atoms with Gasteiger partial charge in [0.25, 0.3) is 5.78 Å². The standard InChI is InChI=1S/C25H28O8/c1-7-31-25(2)32-22(14-16-8-10-18(27-3)20(12-16)29-5)24(26)23(33-25)15-17-9-11-19(28-4)21(13-17)30-6/h8-15H,7H2,1-6H3. The molecule has 1 aliphatic heterocycles. The maximum Gasteiger partial charge on any atom is 0.368 e. The summed E-state index contributed by atoms with van der Waals surface area (Å²) < 4.78 is 38.5. The Morgan fingerprint density at radius 2 is 1.18 bits per heavy atom. The Bertz CT molecular complexity index is 993. The van der Waals surface area contributed by atoms with Crippen molar-refractivity contribution in [3.8, 4) is 23.0 Å². The van der Waals surface area contributed by atoms with Crippen molar-refractivity contribution in [1.29, 1.82) is 0 Å². The van der Waals surface area contributed by atoms with Gasteiger partial charge in [-0.15, -0.1) is 0 Å². The summed E-state index contributed by atoms with van der Waals surface area (Å²) in [5.41, 5.74) is 1.37. The SMILES string of the molecule is CCOC1(C)OC(=Cc2ccc(OC)c(OC)c2)C(=O)C(=Cc2ccc(OC)c(OC)c2)O1. The number of methoxy groups -OCH3 is 4. The van der Waals surface area contributed by atoms with Crippen molar-refractivity contribution < 1.29 is 38.0 Å². The average Bonchev–Trinajstić information content (AvgIpc) is 2.81. The van der Waals surface area contributed by atoms with E-state index < -0.39 is 11.8 Å². The van der Waals surface area contributed by atoms with Gasteiger partial charge in [0.1, 0.15) is 0 Å². The molecule has 3 rings (SSSR count). The Morgan fingerprint density at radius 3 is 1.55 bits per heavy atom. The zero-order chi connectivity index (χ0) is 24.0. The number of ether oxygens (including phenoxy) is 7. The highest BCUT2D eigenvalue weighted by molar-refractivity contribution is 6.11. The van der Waals surface area contributed by atoms with Gasteiger partial charge in [-0.3, -0.25) is 4.79 Å². The summed E-state index contributed by atoms with van der Waals surface area (Å²) in [5.74, 6) is 0.427. The highest BCUT2D eigenvalue weighted by Gasteiger charge is 2.41. The smallest absolute Gasteiger partial charge is 0.368 e. The van der Waals surface area contributed by atoms with Crippen molar-refractivity contribution in [3.63, 3.8) is 0 Å². The Kier molecular flexibility index (Phi) is 7.50. The van der Waals surface area contributed by atoms with Crippen molar-refractivity contribution in [1.82, 2.24) is 0 Å². The first kappa shape index (κ1) is 24.0. The molecule has 1 heterocycles. The van der Waals surface area contributed by atoms with Crippen LogP contribution in [0.2, 0.25) is 0 Å². The third-order valence-corrected chi connectivity index (χ3v) is 4.86. The average molecular weight is 456 g/mol. The van der Waals surface area contributed by atoms with E-state index in [0.29, 0.717) is 40.7 Å². The van der Waals surface area contributed by atoms with Crippen molar-refractivity contribution >= 4 is 17.9 Å². The van der Waals surface area contributed by atoms with Crippen LogP contribution in [0.1, 0.15) is 25.0 Å². The molecule has 0 spiro atoms. The first-order valence-corrected chi connectivity index (χ1v) is 10.3. The first-order valence-electron chi connectivity index (χ1n) is 10.3. The monoisotopic (exact) mass is 456 g/mol. The molecule has 0 aromatic heterocycles. The van der Waals surface area contributed by atoms with Crippen LogP contribution in [0.5, 0.6) is 23.0 Å². The van der Waals surface area contributed by atoms with Crippen molar-refractivity contribution in [2.75, 3.05) is 35.0 Å². The number of Topliss-reactive ketones (excluding diaryl/α,β-unsaturated/α-hetero) is 1. The van der Waals surface area contributed by atoms with E-state index in [4.69, 9.17) is 33.2 Å².